The normalized spacial score (nSPS) is 10.3. The molecule has 0 saturated carbocycles. The highest BCUT2D eigenvalue weighted by Crippen LogP contribution is 1.93. The second-order valence-corrected chi connectivity index (χ2v) is 2.92. The molecule has 15 heavy (non-hydrogen) atoms. The highest BCUT2D eigenvalue weighted by molar-refractivity contribution is 5.69. The summed E-state index contributed by atoms with van der Waals surface area (Å²) < 4.78 is 19.6. The van der Waals surface area contributed by atoms with E-state index in [0.717, 1.165) is 0 Å². The van der Waals surface area contributed by atoms with E-state index >= 15 is 0 Å². The zero-order chi connectivity index (χ0) is 11.4. The molecule has 5 nitrogen and oxygen atoms in total. The van der Waals surface area contributed by atoms with Crippen molar-refractivity contribution >= 4 is 5.97 Å². The highest BCUT2D eigenvalue weighted by Gasteiger charge is 2.01. The van der Waals surface area contributed by atoms with Crippen LogP contribution >= 0.6 is 0 Å². The van der Waals surface area contributed by atoms with Crippen molar-refractivity contribution in [2.24, 2.45) is 0 Å². The maximum absolute atomic E-state index is 11.0. The first-order valence-electron chi connectivity index (χ1n) is 5.02. The van der Waals surface area contributed by atoms with Crippen LogP contribution in [0.3, 0.4) is 0 Å². The van der Waals surface area contributed by atoms with Gasteiger partial charge in [-0.05, 0) is 6.42 Å². The monoisotopic (exact) mass is 220 g/mol. The maximum Gasteiger partial charge on any atom is 0.305 e. The average Bonchev–Trinajstić information content (AvgIpc) is 2.23. The van der Waals surface area contributed by atoms with Gasteiger partial charge in [0.05, 0.1) is 19.8 Å². The Hall–Kier alpha value is -0.650. The van der Waals surface area contributed by atoms with E-state index in [4.69, 9.17) is 18.9 Å². The first kappa shape index (κ1) is 14.3. The number of carbonyl (C=O) groups is 1. The molecule has 0 bridgehead atoms. The molecule has 0 amide bonds. The number of hydrogen-bond acceptors (Lipinski definition) is 5. The van der Waals surface area contributed by atoms with Crippen LogP contribution < -0.4 is 0 Å². The van der Waals surface area contributed by atoms with Crippen LogP contribution in [-0.2, 0) is 23.7 Å². The van der Waals surface area contributed by atoms with E-state index in [9.17, 15) is 4.79 Å². The molecule has 0 fully saturated rings. The Morgan fingerprint density at radius 2 is 1.60 bits per heavy atom. The molecule has 0 heterocycles. The molecule has 0 radical (unpaired) electrons. The molecule has 0 aliphatic rings. The molecule has 0 aromatic rings. The minimum Gasteiger partial charge on any atom is -0.463 e. The molecular formula is C10H20O5. The predicted octanol–water partition coefficient (Wildman–Crippen LogP) is 0.619. The number of hydrogen-bond donors (Lipinski definition) is 0. The SMILES string of the molecule is COCCCC(=O)OCCOCCOC. The minimum absolute atomic E-state index is 0.206. The number of esters is 1. The van der Waals surface area contributed by atoms with Crippen molar-refractivity contribution in [3.05, 3.63) is 0 Å². The number of methoxy groups -OCH3 is 2. The van der Waals surface area contributed by atoms with E-state index in [1.165, 1.54) is 0 Å². The van der Waals surface area contributed by atoms with Gasteiger partial charge >= 0.3 is 5.97 Å². The van der Waals surface area contributed by atoms with Crippen LogP contribution in [0.2, 0.25) is 0 Å². The van der Waals surface area contributed by atoms with Gasteiger partial charge in [-0.1, -0.05) is 0 Å². The smallest absolute Gasteiger partial charge is 0.305 e. The molecule has 5 heteroatoms. The molecule has 0 aromatic carbocycles. The largest absolute Gasteiger partial charge is 0.463 e. The molecule has 0 rings (SSSR count). The van der Waals surface area contributed by atoms with Crippen LogP contribution in [0.1, 0.15) is 12.8 Å². The summed E-state index contributed by atoms with van der Waals surface area (Å²) in [4.78, 5) is 11.0. The van der Waals surface area contributed by atoms with E-state index in [0.29, 0.717) is 45.9 Å². The van der Waals surface area contributed by atoms with Crippen molar-refractivity contribution in [1.82, 2.24) is 0 Å². The van der Waals surface area contributed by atoms with Crippen molar-refractivity contribution in [2.45, 2.75) is 12.8 Å². The van der Waals surface area contributed by atoms with Crippen molar-refractivity contribution in [1.29, 1.82) is 0 Å². The second-order valence-electron chi connectivity index (χ2n) is 2.92. The fraction of sp³-hybridized carbons (Fsp3) is 0.900. The molecule has 0 aromatic heterocycles. The second kappa shape index (κ2) is 11.4. The summed E-state index contributed by atoms with van der Waals surface area (Å²) in [5.41, 5.74) is 0. The van der Waals surface area contributed by atoms with Crippen molar-refractivity contribution in [3.8, 4) is 0 Å². The van der Waals surface area contributed by atoms with Gasteiger partial charge in [-0.15, -0.1) is 0 Å². The summed E-state index contributed by atoms with van der Waals surface area (Å²) in [5, 5.41) is 0. The number of ether oxygens (including phenoxy) is 4. The van der Waals surface area contributed by atoms with E-state index in [2.05, 4.69) is 0 Å². The lowest BCUT2D eigenvalue weighted by molar-refractivity contribution is -0.145. The Bertz CT molecular complexity index is 149. The summed E-state index contributed by atoms with van der Waals surface area (Å²) >= 11 is 0. The Morgan fingerprint density at radius 1 is 0.933 bits per heavy atom. The van der Waals surface area contributed by atoms with Crippen LogP contribution in [0, 0.1) is 0 Å². The Morgan fingerprint density at radius 3 is 2.27 bits per heavy atom. The topological polar surface area (TPSA) is 54.0 Å². The standard InChI is InChI=1S/C10H20O5/c1-12-5-3-4-10(11)15-9-8-14-7-6-13-2/h3-9H2,1-2H3. The molecule has 0 aliphatic heterocycles. The first-order chi connectivity index (χ1) is 7.31. The van der Waals surface area contributed by atoms with Crippen LogP contribution in [0.15, 0.2) is 0 Å². The highest BCUT2D eigenvalue weighted by atomic mass is 16.6. The van der Waals surface area contributed by atoms with Crippen LogP contribution in [0.25, 0.3) is 0 Å². The molecule has 0 N–H and O–H groups in total. The van der Waals surface area contributed by atoms with E-state index in [1.807, 2.05) is 0 Å². The molecule has 0 aliphatic carbocycles. The van der Waals surface area contributed by atoms with Gasteiger partial charge in [0, 0.05) is 27.2 Å². The first-order valence-corrected chi connectivity index (χ1v) is 5.02. The van der Waals surface area contributed by atoms with Gasteiger partial charge in [0.15, 0.2) is 0 Å². The van der Waals surface area contributed by atoms with Gasteiger partial charge < -0.3 is 18.9 Å². The fourth-order valence-electron chi connectivity index (χ4n) is 0.892. The fourth-order valence-corrected chi connectivity index (χ4v) is 0.892. The molecule has 90 valence electrons. The summed E-state index contributed by atoms with van der Waals surface area (Å²) in [6, 6.07) is 0. The average molecular weight is 220 g/mol. The summed E-state index contributed by atoms with van der Waals surface area (Å²) in [6.45, 7) is 2.38. The van der Waals surface area contributed by atoms with Crippen molar-refractivity contribution in [3.63, 3.8) is 0 Å². The third-order valence-electron chi connectivity index (χ3n) is 1.65. The van der Waals surface area contributed by atoms with Crippen LogP contribution in [0.5, 0.6) is 0 Å². The molecule has 0 spiro atoms. The van der Waals surface area contributed by atoms with Gasteiger partial charge in [-0.3, -0.25) is 4.79 Å². The molecule has 0 saturated heterocycles. The quantitative estimate of drug-likeness (QED) is 0.399. The zero-order valence-corrected chi connectivity index (χ0v) is 9.49. The van der Waals surface area contributed by atoms with Crippen molar-refractivity contribution in [2.75, 3.05) is 47.3 Å². The summed E-state index contributed by atoms with van der Waals surface area (Å²) in [5.74, 6) is -0.206. The molecule has 0 unspecified atom stereocenters. The maximum atomic E-state index is 11.0. The molecular weight excluding hydrogens is 200 g/mol. The van der Waals surface area contributed by atoms with Gasteiger partial charge in [0.2, 0.25) is 0 Å². The lowest BCUT2D eigenvalue weighted by Crippen LogP contribution is -2.12. The minimum atomic E-state index is -0.206. The van der Waals surface area contributed by atoms with Gasteiger partial charge in [0.25, 0.3) is 0 Å². The number of carbonyl (C=O) groups excluding carboxylic acids is 1. The lowest BCUT2D eigenvalue weighted by Gasteiger charge is -2.05. The third-order valence-corrected chi connectivity index (χ3v) is 1.65. The van der Waals surface area contributed by atoms with E-state index in [1.54, 1.807) is 14.2 Å². The van der Waals surface area contributed by atoms with E-state index in [-0.39, 0.29) is 5.97 Å². The lowest BCUT2D eigenvalue weighted by atomic mass is 10.3. The van der Waals surface area contributed by atoms with Gasteiger partial charge in [-0.2, -0.15) is 0 Å². The zero-order valence-electron chi connectivity index (χ0n) is 9.49. The molecule has 0 atom stereocenters. The van der Waals surface area contributed by atoms with Crippen molar-refractivity contribution < 1.29 is 23.7 Å². The number of rotatable bonds is 10. The van der Waals surface area contributed by atoms with E-state index < -0.39 is 0 Å². The summed E-state index contributed by atoms with van der Waals surface area (Å²) in [7, 11) is 3.22. The van der Waals surface area contributed by atoms with Gasteiger partial charge in [-0.25, -0.2) is 0 Å². The Kier molecular flexibility index (Phi) is 10.9. The summed E-state index contributed by atoms with van der Waals surface area (Å²) in [6.07, 6.45) is 1.09. The Balaban J connectivity index is 3.10. The predicted molar refractivity (Wildman–Crippen MR) is 54.8 cm³/mol. The van der Waals surface area contributed by atoms with Crippen LogP contribution in [-0.4, -0.2) is 53.2 Å². The van der Waals surface area contributed by atoms with Gasteiger partial charge in [0.1, 0.15) is 6.61 Å². The third kappa shape index (κ3) is 11.3. The Labute approximate surface area is 90.6 Å². The van der Waals surface area contributed by atoms with Crippen LogP contribution in [0.4, 0.5) is 0 Å².